The largest absolute Gasteiger partial charge is 0.324 e. The average molecular weight is 165 g/mol. The molecule has 0 amide bonds. The zero-order chi connectivity index (χ0) is 8.97. The number of nitrogens with zero attached hydrogens (tertiary/aromatic N) is 2. The van der Waals surface area contributed by atoms with E-state index in [0.717, 1.165) is 16.9 Å². The van der Waals surface area contributed by atoms with Gasteiger partial charge in [-0.3, -0.25) is 5.84 Å². The fourth-order valence-corrected chi connectivity index (χ4v) is 0.920. The molecule has 0 radical (unpaired) electrons. The average Bonchev–Trinajstić information content (AvgIpc) is 2.09. The minimum absolute atomic E-state index is 0.747. The molecule has 0 fully saturated rings. The van der Waals surface area contributed by atoms with E-state index in [1.165, 1.54) is 0 Å². The van der Waals surface area contributed by atoms with Crippen LogP contribution in [0.25, 0.3) is 0 Å². The summed E-state index contributed by atoms with van der Waals surface area (Å²) in [4.78, 5) is 0. The van der Waals surface area contributed by atoms with Gasteiger partial charge in [0.05, 0.1) is 5.69 Å². The number of nitrogens with one attached hydrogen (secondary N) is 1. The van der Waals surface area contributed by atoms with Gasteiger partial charge in [-0.1, -0.05) is 5.22 Å². The summed E-state index contributed by atoms with van der Waals surface area (Å²) in [6.07, 6.45) is 0. The smallest absolute Gasteiger partial charge is 0.0904 e. The van der Waals surface area contributed by atoms with Gasteiger partial charge >= 0.3 is 0 Å². The standard InChI is InChI=1S/C7H11N5/c1-5-4-6(10-8)2-3-7(5)11-12-9/h2-4,10H,8H2,1H3,(H2,9,11). The summed E-state index contributed by atoms with van der Waals surface area (Å²) in [6.45, 7) is 1.91. The third kappa shape index (κ3) is 1.70. The van der Waals surface area contributed by atoms with Crippen molar-refractivity contribution in [3.8, 4) is 0 Å². The Morgan fingerprint density at radius 2 is 2.17 bits per heavy atom. The van der Waals surface area contributed by atoms with Crippen LogP contribution in [0, 0.1) is 6.92 Å². The van der Waals surface area contributed by atoms with E-state index in [9.17, 15) is 0 Å². The van der Waals surface area contributed by atoms with Gasteiger partial charge in [0.1, 0.15) is 0 Å². The molecule has 64 valence electrons. The van der Waals surface area contributed by atoms with Gasteiger partial charge in [0.15, 0.2) is 0 Å². The Hall–Kier alpha value is -1.62. The molecule has 1 aromatic carbocycles. The van der Waals surface area contributed by atoms with Crippen LogP contribution < -0.4 is 17.1 Å². The Morgan fingerprint density at radius 3 is 2.67 bits per heavy atom. The highest BCUT2D eigenvalue weighted by molar-refractivity contribution is 5.55. The quantitative estimate of drug-likeness (QED) is 0.350. The van der Waals surface area contributed by atoms with E-state index in [1.807, 2.05) is 13.0 Å². The molecule has 0 aliphatic heterocycles. The molecule has 1 rings (SSSR count). The van der Waals surface area contributed by atoms with Crippen molar-refractivity contribution in [3.63, 3.8) is 0 Å². The van der Waals surface area contributed by atoms with Crippen molar-refractivity contribution in [2.24, 2.45) is 22.0 Å². The van der Waals surface area contributed by atoms with Gasteiger partial charge in [-0.15, -0.1) is 5.11 Å². The van der Waals surface area contributed by atoms with Gasteiger partial charge in [0, 0.05) is 5.69 Å². The van der Waals surface area contributed by atoms with E-state index in [1.54, 1.807) is 12.1 Å². The molecule has 1 aromatic rings. The van der Waals surface area contributed by atoms with Crippen molar-refractivity contribution in [1.29, 1.82) is 0 Å². The summed E-state index contributed by atoms with van der Waals surface area (Å²) in [7, 11) is 0. The number of rotatable bonds is 2. The molecule has 0 spiro atoms. The molecule has 0 bridgehead atoms. The van der Waals surface area contributed by atoms with Gasteiger partial charge in [-0.05, 0) is 30.7 Å². The molecule has 0 atom stereocenters. The van der Waals surface area contributed by atoms with Crippen molar-refractivity contribution >= 4 is 11.4 Å². The van der Waals surface area contributed by atoms with Gasteiger partial charge in [-0.25, -0.2) is 0 Å². The van der Waals surface area contributed by atoms with E-state index >= 15 is 0 Å². The first kappa shape index (κ1) is 8.48. The zero-order valence-electron chi connectivity index (χ0n) is 6.78. The Labute approximate surface area is 70.4 Å². The van der Waals surface area contributed by atoms with Crippen molar-refractivity contribution in [3.05, 3.63) is 23.8 Å². The lowest BCUT2D eigenvalue weighted by molar-refractivity contribution is 1.05. The van der Waals surface area contributed by atoms with E-state index in [-0.39, 0.29) is 0 Å². The molecular weight excluding hydrogens is 154 g/mol. The fraction of sp³-hybridized carbons (Fsp3) is 0.143. The van der Waals surface area contributed by atoms with Crippen molar-refractivity contribution in [2.75, 3.05) is 5.43 Å². The maximum Gasteiger partial charge on any atom is 0.0904 e. The zero-order valence-corrected chi connectivity index (χ0v) is 6.78. The number of benzene rings is 1. The summed E-state index contributed by atoms with van der Waals surface area (Å²) >= 11 is 0. The van der Waals surface area contributed by atoms with Crippen LogP contribution in [-0.2, 0) is 0 Å². The lowest BCUT2D eigenvalue weighted by atomic mass is 10.2. The molecule has 0 aromatic heterocycles. The van der Waals surface area contributed by atoms with Crippen LogP contribution in [-0.4, -0.2) is 0 Å². The molecule has 0 unspecified atom stereocenters. The highest BCUT2D eigenvalue weighted by Gasteiger charge is 1.96. The third-order valence-electron chi connectivity index (χ3n) is 1.53. The number of hydrogen-bond donors (Lipinski definition) is 3. The summed E-state index contributed by atoms with van der Waals surface area (Å²) in [5, 5.41) is 6.91. The minimum Gasteiger partial charge on any atom is -0.324 e. The van der Waals surface area contributed by atoms with E-state index in [4.69, 9.17) is 11.7 Å². The van der Waals surface area contributed by atoms with Gasteiger partial charge < -0.3 is 11.3 Å². The molecule has 5 nitrogen and oxygen atoms in total. The summed E-state index contributed by atoms with van der Waals surface area (Å²) in [5.74, 6) is 10.1. The molecular formula is C7H11N5. The lowest BCUT2D eigenvalue weighted by Gasteiger charge is -2.02. The lowest BCUT2D eigenvalue weighted by Crippen LogP contribution is -2.06. The number of nitrogen functional groups attached to an aromatic ring is 1. The SMILES string of the molecule is Cc1cc(NN)ccc1N=NN. The Kier molecular flexibility index (Phi) is 2.60. The monoisotopic (exact) mass is 165 g/mol. The highest BCUT2D eigenvalue weighted by atomic mass is 15.3. The second-order valence-electron chi connectivity index (χ2n) is 2.36. The molecule has 0 saturated heterocycles. The van der Waals surface area contributed by atoms with Gasteiger partial charge in [-0.2, -0.15) is 0 Å². The maximum atomic E-state index is 5.21. The molecule has 0 saturated carbocycles. The maximum absolute atomic E-state index is 5.21. The van der Waals surface area contributed by atoms with E-state index < -0.39 is 0 Å². The normalized spacial score (nSPS) is 10.5. The molecule has 0 heterocycles. The first-order valence-electron chi connectivity index (χ1n) is 3.46. The van der Waals surface area contributed by atoms with E-state index in [0.29, 0.717) is 0 Å². The van der Waals surface area contributed by atoms with Crippen molar-refractivity contribution < 1.29 is 0 Å². The Bertz CT molecular complexity index is 294. The molecule has 0 aliphatic carbocycles. The van der Waals surface area contributed by atoms with Crippen molar-refractivity contribution in [2.45, 2.75) is 6.92 Å². The number of aryl methyl sites for hydroxylation is 1. The topological polar surface area (TPSA) is 88.8 Å². The van der Waals surface area contributed by atoms with E-state index in [2.05, 4.69) is 15.8 Å². The Morgan fingerprint density at radius 1 is 1.42 bits per heavy atom. The predicted molar refractivity (Wildman–Crippen MR) is 47.7 cm³/mol. The van der Waals surface area contributed by atoms with Crippen LogP contribution in [0.1, 0.15) is 5.56 Å². The molecule has 12 heavy (non-hydrogen) atoms. The van der Waals surface area contributed by atoms with Gasteiger partial charge in [0.25, 0.3) is 0 Å². The molecule has 5 N–H and O–H groups in total. The number of nitrogens with two attached hydrogens (primary N) is 2. The number of hydrogen-bond acceptors (Lipinski definition) is 4. The summed E-state index contributed by atoms with van der Waals surface area (Å²) in [6, 6.07) is 5.46. The number of anilines is 1. The van der Waals surface area contributed by atoms with Crippen LogP contribution in [0.2, 0.25) is 0 Å². The van der Waals surface area contributed by atoms with Crippen LogP contribution in [0.3, 0.4) is 0 Å². The second kappa shape index (κ2) is 3.68. The first-order chi connectivity index (χ1) is 5.77. The highest BCUT2D eigenvalue weighted by Crippen LogP contribution is 2.21. The van der Waals surface area contributed by atoms with Crippen molar-refractivity contribution in [1.82, 2.24) is 0 Å². The van der Waals surface area contributed by atoms with Gasteiger partial charge in [0.2, 0.25) is 0 Å². The first-order valence-corrected chi connectivity index (χ1v) is 3.46. The van der Waals surface area contributed by atoms with Crippen LogP contribution in [0.5, 0.6) is 0 Å². The Balaban J connectivity index is 3.03. The number of hydrazine groups is 1. The van der Waals surface area contributed by atoms with Crippen LogP contribution >= 0.6 is 0 Å². The van der Waals surface area contributed by atoms with Crippen LogP contribution in [0.4, 0.5) is 11.4 Å². The second-order valence-corrected chi connectivity index (χ2v) is 2.36. The predicted octanol–water partition coefficient (Wildman–Crippen LogP) is 1.24. The summed E-state index contributed by atoms with van der Waals surface area (Å²) < 4.78 is 0. The fourth-order valence-electron chi connectivity index (χ4n) is 0.920. The molecule has 5 heteroatoms. The third-order valence-corrected chi connectivity index (χ3v) is 1.53. The molecule has 0 aliphatic rings. The minimum atomic E-state index is 0.747. The van der Waals surface area contributed by atoms with Crippen LogP contribution in [0.15, 0.2) is 28.5 Å². The summed E-state index contributed by atoms with van der Waals surface area (Å²) in [5.41, 5.74) is 5.09.